The van der Waals surface area contributed by atoms with E-state index < -0.39 is 0 Å². The van der Waals surface area contributed by atoms with Crippen molar-refractivity contribution in [3.05, 3.63) is 88.8 Å². The molecule has 0 aliphatic carbocycles. The lowest BCUT2D eigenvalue weighted by atomic mass is 10.1. The molecule has 0 bridgehead atoms. The van der Waals surface area contributed by atoms with Crippen LogP contribution in [0.3, 0.4) is 0 Å². The van der Waals surface area contributed by atoms with Crippen molar-refractivity contribution < 1.29 is 19.0 Å². The maximum atomic E-state index is 13.1. The Bertz CT molecular complexity index is 1220. The van der Waals surface area contributed by atoms with Gasteiger partial charge in [0.2, 0.25) is 0 Å². The second kappa shape index (κ2) is 11.2. The Morgan fingerprint density at radius 1 is 0.941 bits per heavy atom. The van der Waals surface area contributed by atoms with Crippen molar-refractivity contribution in [2.45, 2.75) is 13.3 Å². The molecule has 4 rings (SSSR count). The van der Waals surface area contributed by atoms with Crippen LogP contribution in [0, 0.1) is 6.92 Å². The molecule has 1 heterocycles. The van der Waals surface area contributed by atoms with Gasteiger partial charge in [-0.05, 0) is 54.5 Å². The summed E-state index contributed by atoms with van der Waals surface area (Å²) in [5.41, 5.74) is 2.71. The minimum Gasteiger partial charge on any atom is -0.493 e. The summed E-state index contributed by atoms with van der Waals surface area (Å²) in [6.45, 7) is 3.00. The Hall–Kier alpha value is -3.29. The average Bonchev–Trinajstić information content (AvgIpc) is 3.12. The smallest absolute Gasteiger partial charge is 0.270 e. The van der Waals surface area contributed by atoms with Gasteiger partial charge in [-0.1, -0.05) is 66.4 Å². The highest BCUT2D eigenvalue weighted by Gasteiger charge is 2.33. The standard InChI is InChI=1S/C27H25NO4S2/c1-19-9-3-4-12-22(19)28-26(29)25(34-27(28)33)18-20-10-7-11-21(17-20)31-15-8-16-32-24-14-6-5-13-23(24)30-2/h3-7,9-14,17-18H,8,15-16H2,1-2H3/b25-18-. The molecule has 0 N–H and O–H groups in total. The van der Waals surface area contributed by atoms with Gasteiger partial charge in [0.1, 0.15) is 5.75 Å². The fraction of sp³-hybridized carbons (Fsp3) is 0.185. The third-order valence-electron chi connectivity index (χ3n) is 5.19. The zero-order valence-corrected chi connectivity index (χ0v) is 20.7. The maximum absolute atomic E-state index is 13.1. The van der Waals surface area contributed by atoms with E-state index in [1.807, 2.05) is 85.8 Å². The number of para-hydroxylation sites is 3. The fourth-order valence-electron chi connectivity index (χ4n) is 3.50. The number of anilines is 1. The number of aryl methyl sites for hydroxylation is 1. The molecule has 0 unspecified atom stereocenters. The molecule has 0 saturated carbocycles. The molecule has 1 amide bonds. The summed E-state index contributed by atoms with van der Waals surface area (Å²) in [5, 5.41) is 0. The van der Waals surface area contributed by atoms with E-state index in [2.05, 4.69) is 0 Å². The van der Waals surface area contributed by atoms with E-state index in [9.17, 15) is 4.79 Å². The first-order chi connectivity index (χ1) is 16.6. The summed E-state index contributed by atoms with van der Waals surface area (Å²) in [5.74, 6) is 2.06. The van der Waals surface area contributed by atoms with Crippen molar-refractivity contribution in [1.29, 1.82) is 0 Å². The molecule has 7 heteroatoms. The predicted molar refractivity (Wildman–Crippen MR) is 142 cm³/mol. The molecule has 3 aromatic rings. The minimum absolute atomic E-state index is 0.107. The van der Waals surface area contributed by atoms with Crippen LogP contribution in [-0.2, 0) is 4.79 Å². The molecule has 0 aromatic heterocycles. The van der Waals surface area contributed by atoms with Gasteiger partial charge in [-0.2, -0.15) is 0 Å². The maximum Gasteiger partial charge on any atom is 0.270 e. The Kier molecular flexibility index (Phi) is 7.87. The van der Waals surface area contributed by atoms with Crippen LogP contribution >= 0.6 is 24.0 Å². The number of thiocarbonyl (C=S) groups is 1. The van der Waals surface area contributed by atoms with Crippen molar-refractivity contribution in [3.63, 3.8) is 0 Å². The third-order valence-corrected chi connectivity index (χ3v) is 6.49. The largest absolute Gasteiger partial charge is 0.493 e. The molecule has 1 aliphatic heterocycles. The summed E-state index contributed by atoms with van der Waals surface area (Å²) in [4.78, 5) is 15.3. The number of carbonyl (C=O) groups excluding carboxylic acids is 1. The van der Waals surface area contributed by atoms with Crippen molar-refractivity contribution in [1.82, 2.24) is 0 Å². The van der Waals surface area contributed by atoms with E-state index >= 15 is 0 Å². The first-order valence-electron chi connectivity index (χ1n) is 10.9. The SMILES string of the molecule is COc1ccccc1OCCCOc1cccc(/C=C2\SC(=S)N(c3ccccc3C)C2=O)c1. The molecular formula is C27H25NO4S2. The van der Waals surface area contributed by atoms with E-state index in [1.165, 1.54) is 11.8 Å². The number of amides is 1. The highest BCUT2D eigenvalue weighted by atomic mass is 32.2. The zero-order valence-electron chi connectivity index (χ0n) is 19.0. The number of methoxy groups -OCH3 is 1. The monoisotopic (exact) mass is 491 g/mol. The highest BCUT2D eigenvalue weighted by molar-refractivity contribution is 8.27. The van der Waals surface area contributed by atoms with Gasteiger partial charge in [0.25, 0.3) is 5.91 Å². The van der Waals surface area contributed by atoms with Crippen LogP contribution in [0.5, 0.6) is 17.2 Å². The number of hydrogen-bond acceptors (Lipinski definition) is 6. The van der Waals surface area contributed by atoms with Gasteiger partial charge in [-0.3, -0.25) is 9.69 Å². The quantitative estimate of drug-likeness (QED) is 0.200. The van der Waals surface area contributed by atoms with Gasteiger partial charge in [-0.25, -0.2) is 0 Å². The van der Waals surface area contributed by atoms with Crippen LogP contribution in [-0.4, -0.2) is 30.6 Å². The van der Waals surface area contributed by atoms with Crippen LogP contribution in [0.4, 0.5) is 5.69 Å². The number of carbonyl (C=O) groups is 1. The van der Waals surface area contributed by atoms with Gasteiger partial charge in [-0.15, -0.1) is 0 Å². The molecule has 1 aliphatic rings. The Morgan fingerprint density at radius 2 is 1.68 bits per heavy atom. The number of thioether (sulfide) groups is 1. The first-order valence-corrected chi connectivity index (χ1v) is 12.1. The van der Waals surface area contributed by atoms with Crippen LogP contribution in [0.1, 0.15) is 17.5 Å². The molecule has 174 valence electrons. The van der Waals surface area contributed by atoms with Gasteiger partial charge < -0.3 is 14.2 Å². The number of hydrogen-bond donors (Lipinski definition) is 0. The summed E-state index contributed by atoms with van der Waals surface area (Å²) in [6, 6.07) is 23.0. The summed E-state index contributed by atoms with van der Waals surface area (Å²) in [7, 11) is 1.62. The lowest BCUT2D eigenvalue weighted by Gasteiger charge is -2.16. The van der Waals surface area contributed by atoms with Gasteiger partial charge >= 0.3 is 0 Å². The molecule has 1 fully saturated rings. The van der Waals surface area contributed by atoms with E-state index in [1.54, 1.807) is 12.0 Å². The fourth-order valence-corrected chi connectivity index (χ4v) is 4.79. The summed E-state index contributed by atoms with van der Waals surface area (Å²) >= 11 is 6.81. The van der Waals surface area contributed by atoms with E-state index in [4.69, 9.17) is 26.4 Å². The zero-order chi connectivity index (χ0) is 23.9. The van der Waals surface area contributed by atoms with Crippen molar-refractivity contribution in [3.8, 4) is 17.2 Å². The van der Waals surface area contributed by atoms with E-state index in [0.29, 0.717) is 28.2 Å². The van der Waals surface area contributed by atoms with Gasteiger partial charge in [0, 0.05) is 6.42 Å². The lowest BCUT2D eigenvalue weighted by Crippen LogP contribution is -2.28. The number of rotatable bonds is 9. The van der Waals surface area contributed by atoms with Gasteiger partial charge in [0.05, 0.1) is 30.9 Å². The predicted octanol–water partition coefficient (Wildman–Crippen LogP) is 6.26. The topological polar surface area (TPSA) is 48.0 Å². The summed E-state index contributed by atoms with van der Waals surface area (Å²) < 4.78 is 17.5. The number of nitrogens with zero attached hydrogens (tertiary/aromatic N) is 1. The normalized spacial score (nSPS) is 14.5. The molecule has 5 nitrogen and oxygen atoms in total. The second-order valence-electron chi connectivity index (χ2n) is 7.58. The van der Waals surface area contributed by atoms with Crippen LogP contribution < -0.4 is 19.1 Å². The first kappa shape index (κ1) is 23.9. The molecular weight excluding hydrogens is 466 g/mol. The van der Waals surface area contributed by atoms with Crippen molar-refractivity contribution in [2.75, 3.05) is 25.2 Å². The van der Waals surface area contributed by atoms with Crippen molar-refractivity contribution in [2.24, 2.45) is 0 Å². The Morgan fingerprint density at radius 3 is 2.47 bits per heavy atom. The molecule has 34 heavy (non-hydrogen) atoms. The second-order valence-corrected chi connectivity index (χ2v) is 9.25. The van der Waals surface area contributed by atoms with Crippen LogP contribution in [0.25, 0.3) is 6.08 Å². The molecule has 1 saturated heterocycles. The third kappa shape index (κ3) is 5.61. The van der Waals surface area contributed by atoms with E-state index in [-0.39, 0.29) is 5.91 Å². The Labute approximate surface area is 209 Å². The highest BCUT2D eigenvalue weighted by Crippen LogP contribution is 2.37. The average molecular weight is 492 g/mol. The number of benzene rings is 3. The number of ether oxygens (including phenoxy) is 3. The Balaban J connectivity index is 1.35. The van der Waals surface area contributed by atoms with Crippen molar-refractivity contribution >= 4 is 46.0 Å². The van der Waals surface area contributed by atoms with E-state index in [0.717, 1.165) is 34.7 Å². The van der Waals surface area contributed by atoms with Crippen LogP contribution in [0.2, 0.25) is 0 Å². The molecule has 0 radical (unpaired) electrons. The molecule has 0 atom stereocenters. The molecule has 3 aromatic carbocycles. The van der Waals surface area contributed by atoms with Gasteiger partial charge in [0.15, 0.2) is 15.8 Å². The molecule has 0 spiro atoms. The summed E-state index contributed by atoms with van der Waals surface area (Å²) in [6.07, 6.45) is 2.58. The van der Waals surface area contributed by atoms with Crippen LogP contribution in [0.15, 0.2) is 77.7 Å². The minimum atomic E-state index is -0.107. The lowest BCUT2D eigenvalue weighted by molar-refractivity contribution is -0.113.